The maximum absolute atomic E-state index is 13.5. The molecule has 9 nitrogen and oxygen atoms in total. The smallest absolute Gasteiger partial charge is 0.304 e. The molecular weight excluding hydrogens is 564 g/mol. The number of carbonyl (C=O) groups is 3. The van der Waals surface area contributed by atoms with Crippen molar-refractivity contribution < 1.29 is 24.2 Å². The number of ether oxygens (including phenoxy) is 1. The number of carboxylic acid groups (broad SMARTS) is 1. The molecular formula is C30H33ClN4O5S. The van der Waals surface area contributed by atoms with Crippen molar-refractivity contribution in [2.75, 3.05) is 36.6 Å². The second-order valence-electron chi connectivity index (χ2n) is 10.6. The van der Waals surface area contributed by atoms with Gasteiger partial charge in [0.15, 0.2) is 5.13 Å². The minimum Gasteiger partial charge on any atom is -0.481 e. The van der Waals surface area contributed by atoms with E-state index < -0.39 is 11.9 Å². The van der Waals surface area contributed by atoms with Crippen molar-refractivity contribution in [2.45, 2.75) is 44.9 Å². The Morgan fingerprint density at radius 1 is 1.20 bits per heavy atom. The lowest BCUT2D eigenvalue weighted by atomic mass is 9.86. The largest absolute Gasteiger partial charge is 0.481 e. The predicted molar refractivity (Wildman–Crippen MR) is 159 cm³/mol. The Balaban J connectivity index is 1.37. The number of rotatable bonds is 9. The normalized spacial score (nSPS) is 16.9. The highest BCUT2D eigenvalue weighted by molar-refractivity contribution is 7.14. The number of benzene rings is 1. The van der Waals surface area contributed by atoms with Crippen LogP contribution >= 0.6 is 22.9 Å². The monoisotopic (exact) mass is 596 g/mol. The van der Waals surface area contributed by atoms with Gasteiger partial charge in [-0.15, -0.1) is 11.3 Å². The third-order valence-corrected chi connectivity index (χ3v) is 8.91. The van der Waals surface area contributed by atoms with Crippen molar-refractivity contribution in [1.82, 2.24) is 9.97 Å². The van der Waals surface area contributed by atoms with Crippen molar-refractivity contribution in [3.8, 4) is 22.4 Å². The van der Waals surface area contributed by atoms with E-state index in [1.807, 2.05) is 29.6 Å². The van der Waals surface area contributed by atoms with Crippen LogP contribution in [-0.2, 0) is 19.1 Å². The van der Waals surface area contributed by atoms with Gasteiger partial charge in [0.05, 0.1) is 12.1 Å². The van der Waals surface area contributed by atoms with Crippen molar-refractivity contribution in [3.63, 3.8) is 0 Å². The van der Waals surface area contributed by atoms with Crippen LogP contribution in [0.5, 0.6) is 0 Å². The summed E-state index contributed by atoms with van der Waals surface area (Å²) in [6.45, 7) is 1.95. The van der Waals surface area contributed by atoms with Gasteiger partial charge in [0.25, 0.3) is 0 Å². The number of carboxylic acids is 1. The second-order valence-corrected chi connectivity index (χ2v) is 11.9. The van der Waals surface area contributed by atoms with E-state index in [-0.39, 0.29) is 24.2 Å². The highest BCUT2D eigenvalue weighted by Gasteiger charge is 2.30. The molecule has 41 heavy (non-hydrogen) atoms. The number of pyridine rings is 1. The molecule has 0 bridgehead atoms. The molecule has 1 aromatic carbocycles. The Bertz CT molecular complexity index is 1410. The van der Waals surface area contributed by atoms with Gasteiger partial charge in [-0.3, -0.25) is 24.2 Å². The molecule has 4 heterocycles. The Kier molecular flexibility index (Phi) is 9.32. The lowest BCUT2D eigenvalue weighted by Crippen LogP contribution is -2.35. The summed E-state index contributed by atoms with van der Waals surface area (Å²) in [6, 6.07) is 9.34. The Morgan fingerprint density at radius 3 is 2.71 bits per heavy atom. The van der Waals surface area contributed by atoms with E-state index >= 15 is 0 Å². The van der Waals surface area contributed by atoms with Gasteiger partial charge in [-0.2, -0.15) is 0 Å². The molecule has 0 spiro atoms. The van der Waals surface area contributed by atoms with Crippen LogP contribution < -0.4 is 9.80 Å². The minimum atomic E-state index is -0.989. The van der Waals surface area contributed by atoms with E-state index in [0.717, 1.165) is 42.4 Å². The summed E-state index contributed by atoms with van der Waals surface area (Å²) in [5.41, 5.74) is 3.15. The molecule has 5 rings (SSSR count). The number of hydrogen-bond donors (Lipinski definition) is 1. The highest BCUT2D eigenvalue weighted by atomic mass is 35.5. The first kappa shape index (κ1) is 29.2. The fourth-order valence-corrected chi connectivity index (χ4v) is 6.48. The number of hydrogen-bond acceptors (Lipinski definition) is 7. The van der Waals surface area contributed by atoms with Gasteiger partial charge in [0.1, 0.15) is 5.82 Å². The fourth-order valence-electron chi connectivity index (χ4n) is 5.51. The summed E-state index contributed by atoms with van der Waals surface area (Å²) in [4.78, 5) is 49.9. The zero-order valence-electron chi connectivity index (χ0n) is 22.9. The first-order valence-electron chi connectivity index (χ1n) is 13.9. The molecule has 2 saturated heterocycles. The average molecular weight is 597 g/mol. The molecule has 1 N–H and O–H groups in total. The third-order valence-electron chi connectivity index (χ3n) is 7.75. The fraction of sp³-hybridized carbons (Fsp3) is 0.433. The van der Waals surface area contributed by atoms with Crippen molar-refractivity contribution in [2.24, 2.45) is 11.8 Å². The van der Waals surface area contributed by atoms with Crippen molar-refractivity contribution in [1.29, 1.82) is 0 Å². The van der Waals surface area contributed by atoms with Gasteiger partial charge in [0.2, 0.25) is 11.8 Å². The van der Waals surface area contributed by atoms with E-state index in [1.54, 1.807) is 24.2 Å². The molecule has 1 atom stereocenters. The van der Waals surface area contributed by atoms with Crippen LogP contribution in [-0.4, -0.2) is 59.7 Å². The first-order valence-corrected chi connectivity index (χ1v) is 15.1. The molecule has 0 saturated carbocycles. The van der Waals surface area contributed by atoms with E-state index in [4.69, 9.17) is 21.3 Å². The van der Waals surface area contributed by atoms with Crippen LogP contribution in [0.1, 0.15) is 44.9 Å². The van der Waals surface area contributed by atoms with E-state index in [1.165, 1.54) is 16.2 Å². The summed E-state index contributed by atoms with van der Waals surface area (Å²) in [7, 11) is 1.65. The average Bonchev–Trinajstić information content (AvgIpc) is 3.47. The zero-order chi connectivity index (χ0) is 28.9. The van der Waals surface area contributed by atoms with Crippen LogP contribution in [0.2, 0.25) is 5.02 Å². The summed E-state index contributed by atoms with van der Waals surface area (Å²) >= 11 is 7.70. The summed E-state index contributed by atoms with van der Waals surface area (Å²) in [5, 5.41) is 12.4. The molecule has 216 valence electrons. The standard InChI is InChI=1S/C30H33ClN4O5S/c1-34(29(39)21(15-28(37)38)14-19-9-12-40-13-10-19)30-33-25(18-41-30)24-16-22(31)6-7-23(24)20-5-8-26(32-17-20)35-11-3-2-4-27(35)36/h5-8,16-19,21H,2-4,9-15H2,1H3,(H,37,38). The third kappa shape index (κ3) is 6.94. The van der Waals surface area contributed by atoms with Crippen LogP contribution in [0, 0.1) is 11.8 Å². The van der Waals surface area contributed by atoms with Gasteiger partial charge < -0.3 is 9.84 Å². The summed E-state index contributed by atoms with van der Waals surface area (Å²) in [6.07, 6.45) is 6.12. The van der Waals surface area contributed by atoms with E-state index in [0.29, 0.717) is 54.3 Å². The second kappa shape index (κ2) is 13.1. The zero-order valence-corrected chi connectivity index (χ0v) is 24.5. The Hall–Kier alpha value is -3.34. The van der Waals surface area contributed by atoms with Gasteiger partial charge in [0, 0.05) is 66.9 Å². The Labute approximate surface area is 248 Å². The topological polar surface area (TPSA) is 113 Å². The lowest BCUT2D eigenvalue weighted by Gasteiger charge is -2.27. The molecule has 2 aliphatic rings. The van der Waals surface area contributed by atoms with Crippen LogP contribution in [0.3, 0.4) is 0 Å². The number of carbonyl (C=O) groups excluding carboxylic acids is 2. The lowest BCUT2D eigenvalue weighted by molar-refractivity contribution is -0.141. The van der Waals surface area contributed by atoms with Crippen LogP contribution in [0.4, 0.5) is 10.9 Å². The summed E-state index contributed by atoms with van der Waals surface area (Å²) in [5.74, 6) is -0.877. The molecule has 11 heteroatoms. The first-order chi connectivity index (χ1) is 19.8. The number of aromatic nitrogens is 2. The quantitative estimate of drug-likeness (QED) is 0.326. The van der Waals surface area contributed by atoms with Gasteiger partial charge in [-0.1, -0.05) is 17.7 Å². The molecule has 1 unspecified atom stereocenters. The minimum absolute atomic E-state index is 0.0932. The van der Waals surface area contributed by atoms with Crippen molar-refractivity contribution in [3.05, 3.63) is 46.9 Å². The molecule has 2 aromatic heterocycles. The maximum atomic E-state index is 13.5. The van der Waals surface area contributed by atoms with E-state index in [9.17, 15) is 19.5 Å². The summed E-state index contributed by atoms with van der Waals surface area (Å²) < 4.78 is 5.42. The SMILES string of the molecule is CN(C(=O)C(CC(=O)O)CC1CCOCC1)c1nc(-c2cc(Cl)ccc2-c2ccc(N3CCCCC3=O)nc2)cs1. The van der Waals surface area contributed by atoms with E-state index in [2.05, 4.69) is 4.98 Å². The van der Waals surface area contributed by atoms with Gasteiger partial charge in [-0.05, 0) is 67.9 Å². The molecule has 0 radical (unpaired) electrons. The van der Waals surface area contributed by atoms with Gasteiger partial charge >= 0.3 is 5.97 Å². The maximum Gasteiger partial charge on any atom is 0.304 e. The number of piperidine rings is 1. The highest BCUT2D eigenvalue weighted by Crippen LogP contribution is 2.37. The number of anilines is 2. The molecule has 3 aromatic rings. The van der Waals surface area contributed by atoms with Crippen LogP contribution in [0.25, 0.3) is 22.4 Å². The van der Waals surface area contributed by atoms with Gasteiger partial charge in [-0.25, -0.2) is 9.97 Å². The molecule has 2 amide bonds. The number of aliphatic carboxylic acids is 1. The molecule has 2 aliphatic heterocycles. The number of thiazole rings is 1. The predicted octanol–water partition coefficient (Wildman–Crippen LogP) is 5.91. The molecule has 2 fully saturated rings. The number of halogens is 1. The van der Waals surface area contributed by atoms with Crippen molar-refractivity contribution >= 4 is 51.7 Å². The number of nitrogens with zero attached hydrogens (tertiary/aromatic N) is 4. The Morgan fingerprint density at radius 2 is 2.00 bits per heavy atom. The number of amides is 2. The van der Waals surface area contributed by atoms with Crippen LogP contribution in [0.15, 0.2) is 41.9 Å². The molecule has 0 aliphatic carbocycles.